The van der Waals surface area contributed by atoms with Crippen LogP contribution in [0.5, 0.6) is 5.75 Å². The molecule has 0 saturated carbocycles. The molecule has 0 bridgehead atoms. The summed E-state index contributed by atoms with van der Waals surface area (Å²) in [5.74, 6) is 0.918. The summed E-state index contributed by atoms with van der Waals surface area (Å²) in [6.45, 7) is 2.43. The van der Waals surface area contributed by atoms with Crippen molar-refractivity contribution in [3.8, 4) is 5.75 Å². The normalized spacial score (nSPS) is 10.1. The van der Waals surface area contributed by atoms with Crippen LogP contribution in [0.15, 0.2) is 84.9 Å². The fourth-order valence-electron chi connectivity index (χ4n) is 2.60. The molecular formula is C22H24ClNO. The molecule has 0 radical (unpaired) electrons. The van der Waals surface area contributed by atoms with Gasteiger partial charge in [0, 0.05) is 6.54 Å². The third kappa shape index (κ3) is 6.61. The maximum Gasteiger partial charge on any atom is 0.120 e. The number of hydrogen-bond donors (Lipinski definition) is 1. The Morgan fingerprint density at radius 3 is 2.04 bits per heavy atom. The molecule has 0 aliphatic heterocycles. The van der Waals surface area contributed by atoms with Crippen molar-refractivity contribution < 1.29 is 4.74 Å². The number of hydrogen-bond acceptors (Lipinski definition) is 2. The van der Waals surface area contributed by atoms with Crippen molar-refractivity contribution in [1.29, 1.82) is 0 Å². The van der Waals surface area contributed by atoms with Gasteiger partial charge in [0.25, 0.3) is 0 Å². The zero-order chi connectivity index (χ0) is 16.5. The highest BCUT2D eigenvalue weighted by Crippen LogP contribution is 2.15. The van der Waals surface area contributed by atoms with Crippen LogP contribution < -0.4 is 10.1 Å². The van der Waals surface area contributed by atoms with E-state index in [0.717, 1.165) is 25.3 Å². The summed E-state index contributed by atoms with van der Waals surface area (Å²) in [5, 5.41) is 3.50. The highest BCUT2D eigenvalue weighted by molar-refractivity contribution is 5.85. The van der Waals surface area contributed by atoms with Gasteiger partial charge in [0.2, 0.25) is 0 Å². The molecule has 0 unspecified atom stereocenters. The third-order valence-corrected chi connectivity index (χ3v) is 3.91. The molecule has 1 N–H and O–H groups in total. The van der Waals surface area contributed by atoms with Crippen LogP contribution in [0, 0.1) is 0 Å². The smallest absolute Gasteiger partial charge is 0.120 e. The lowest BCUT2D eigenvalue weighted by Crippen LogP contribution is -2.16. The highest BCUT2D eigenvalue weighted by atomic mass is 35.5. The van der Waals surface area contributed by atoms with Crippen molar-refractivity contribution in [2.24, 2.45) is 0 Å². The Kier molecular flexibility index (Phi) is 8.03. The van der Waals surface area contributed by atoms with E-state index in [-0.39, 0.29) is 12.4 Å². The fourth-order valence-corrected chi connectivity index (χ4v) is 2.60. The molecule has 25 heavy (non-hydrogen) atoms. The standard InChI is InChI=1S/C22H23NO.ClH/c1-3-8-19(9-4-1)14-15-23-17-21-12-7-13-22(16-21)24-18-20-10-5-2-6-11-20;/h1-13,16,23H,14-15,17-18H2;1H. The molecule has 2 nitrogen and oxygen atoms in total. The first-order valence-corrected chi connectivity index (χ1v) is 8.40. The van der Waals surface area contributed by atoms with E-state index >= 15 is 0 Å². The number of nitrogens with one attached hydrogen (secondary N) is 1. The molecule has 0 spiro atoms. The zero-order valence-electron chi connectivity index (χ0n) is 14.2. The highest BCUT2D eigenvalue weighted by Gasteiger charge is 1.99. The fraction of sp³-hybridized carbons (Fsp3) is 0.182. The first-order chi connectivity index (χ1) is 11.9. The summed E-state index contributed by atoms with van der Waals surface area (Å²) in [7, 11) is 0. The Morgan fingerprint density at radius 1 is 0.680 bits per heavy atom. The summed E-state index contributed by atoms with van der Waals surface area (Å²) < 4.78 is 5.88. The molecule has 0 amide bonds. The quantitative estimate of drug-likeness (QED) is 0.574. The second-order valence-corrected chi connectivity index (χ2v) is 5.83. The Bertz CT molecular complexity index is 731. The van der Waals surface area contributed by atoms with Crippen LogP contribution in [-0.4, -0.2) is 6.54 Å². The lowest BCUT2D eigenvalue weighted by atomic mass is 10.1. The molecular weight excluding hydrogens is 330 g/mol. The predicted octanol–water partition coefficient (Wildman–Crippen LogP) is 5.02. The lowest BCUT2D eigenvalue weighted by molar-refractivity contribution is 0.306. The molecule has 0 aliphatic rings. The van der Waals surface area contributed by atoms with Crippen molar-refractivity contribution in [3.63, 3.8) is 0 Å². The average Bonchev–Trinajstić information content (AvgIpc) is 2.66. The van der Waals surface area contributed by atoms with E-state index in [1.807, 2.05) is 24.3 Å². The van der Waals surface area contributed by atoms with E-state index in [0.29, 0.717) is 6.61 Å². The Hall–Kier alpha value is -2.29. The van der Waals surface area contributed by atoms with Gasteiger partial charge in [0.05, 0.1) is 0 Å². The van der Waals surface area contributed by atoms with Crippen LogP contribution in [0.3, 0.4) is 0 Å². The maximum absolute atomic E-state index is 5.88. The zero-order valence-corrected chi connectivity index (χ0v) is 15.0. The van der Waals surface area contributed by atoms with E-state index in [2.05, 4.69) is 66.0 Å². The predicted molar refractivity (Wildman–Crippen MR) is 106 cm³/mol. The van der Waals surface area contributed by atoms with Gasteiger partial charge in [-0.15, -0.1) is 12.4 Å². The van der Waals surface area contributed by atoms with Gasteiger partial charge in [-0.1, -0.05) is 72.8 Å². The molecule has 3 aromatic carbocycles. The van der Waals surface area contributed by atoms with Crippen LogP contribution in [0.25, 0.3) is 0 Å². The van der Waals surface area contributed by atoms with Crippen molar-refractivity contribution in [2.75, 3.05) is 6.54 Å². The van der Waals surface area contributed by atoms with Crippen LogP contribution >= 0.6 is 12.4 Å². The molecule has 0 aromatic heterocycles. The minimum atomic E-state index is 0. The molecule has 0 saturated heterocycles. The SMILES string of the molecule is Cl.c1ccc(CCNCc2cccc(OCc3ccccc3)c2)cc1. The molecule has 0 aliphatic carbocycles. The van der Waals surface area contributed by atoms with Crippen LogP contribution in [0.4, 0.5) is 0 Å². The second kappa shape index (κ2) is 10.5. The lowest BCUT2D eigenvalue weighted by Gasteiger charge is -2.09. The Morgan fingerprint density at radius 2 is 1.32 bits per heavy atom. The topological polar surface area (TPSA) is 21.3 Å². The maximum atomic E-state index is 5.88. The van der Waals surface area contributed by atoms with Crippen LogP contribution in [0.1, 0.15) is 16.7 Å². The van der Waals surface area contributed by atoms with E-state index < -0.39 is 0 Å². The summed E-state index contributed by atoms with van der Waals surface area (Å²) in [6, 6.07) is 29.1. The Balaban J connectivity index is 0.00000225. The van der Waals surface area contributed by atoms with E-state index in [1.54, 1.807) is 0 Å². The van der Waals surface area contributed by atoms with Gasteiger partial charge in [-0.3, -0.25) is 0 Å². The molecule has 3 rings (SSSR count). The van der Waals surface area contributed by atoms with Crippen molar-refractivity contribution in [2.45, 2.75) is 19.6 Å². The van der Waals surface area contributed by atoms with Crippen molar-refractivity contribution in [3.05, 3.63) is 102 Å². The van der Waals surface area contributed by atoms with Gasteiger partial charge in [-0.25, -0.2) is 0 Å². The Labute approximate surface area is 156 Å². The molecule has 0 atom stereocenters. The summed E-state index contributed by atoms with van der Waals surface area (Å²) >= 11 is 0. The van der Waals surface area contributed by atoms with E-state index in [4.69, 9.17) is 4.74 Å². The van der Waals surface area contributed by atoms with Gasteiger partial charge >= 0.3 is 0 Å². The van der Waals surface area contributed by atoms with Crippen molar-refractivity contribution in [1.82, 2.24) is 5.32 Å². The number of ether oxygens (including phenoxy) is 1. The van der Waals surface area contributed by atoms with Crippen LogP contribution in [-0.2, 0) is 19.6 Å². The summed E-state index contributed by atoms with van der Waals surface area (Å²) in [6.07, 6.45) is 1.05. The summed E-state index contributed by atoms with van der Waals surface area (Å²) in [5.41, 5.74) is 3.79. The molecule has 0 heterocycles. The first kappa shape index (κ1) is 19.0. The van der Waals surface area contributed by atoms with Gasteiger partial charge in [-0.05, 0) is 41.8 Å². The molecule has 130 valence electrons. The monoisotopic (exact) mass is 353 g/mol. The van der Waals surface area contributed by atoms with Gasteiger partial charge in [-0.2, -0.15) is 0 Å². The minimum absolute atomic E-state index is 0. The van der Waals surface area contributed by atoms with E-state index in [1.165, 1.54) is 16.7 Å². The van der Waals surface area contributed by atoms with Crippen LogP contribution in [0.2, 0.25) is 0 Å². The first-order valence-electron chi connectivity index (χ1n) is 8.40. The second-order valence-electron chi connectivity index (χ2n) is 5.83. The van der Waals surface area contributed by atoms with E-state index in [9.17, 15) is 0 Å². The molecule has 0 fully saturated rings. The third-order valence-electron chi connectivity index (χ3n) is 3.91. The minimum Gasteiger partial charge on any atom is -0.489 e. The van der Waals surface area contributed by atoms with Gasteiger partial charge < -0.3 is 10.1 Å². The number of rotatable bonds is 8. The summed E-state index contributed by atoms with van der Waals surface area (Å²) in [4.78, 5) is 0. The largest absolute Gasteiger partial charge is 0.489 e. The molecule has 3 aromatic rings. The van der Waals surface area contributed by atoms with Gasteiger partial charge in [0.1, 0.15) is 12.4 Å². The van der Waals surface area contributed by atoms with Gasteiger partial charge in [0.15, 0.2) is 0 Å². The van der Waals surface area contributed by atoms with Crippen molar-refractivity contribution >= 4 is 12.4 Å². The molecule has 3 heteroatoms. The number of benzene rings is 3. The average molecular weight is 354 g/mol. The number of halogens is 1.